The first-order chi connectivity index (χ1) is 14.0. The molecule has 2 aliphatic rings. The first kappa shape index (κ1) is 24.3. The van der Waals surface area contributed by atoms with Crippen LogP contribution >= 0.6 is 0 Å². The third-order valence-electron chi connectivity index (χ3n) is 5.08. The molecule has 2 heterocycles. The molecule has 2 aliphatic heterocycles. The highest BCUT2D eigenvalue weighted by Gasteiger charge is 2.51. The van der Waals surface area contributed by atoms with Crippen LogP contribution in [0, 0.1) is 0 Å². The third-order valence-corrected chi connectivity index (χ3v) is 5.08. The second-order valence-electron chi connectivity index (χ2n) is 6.76. The number of aliphatic hydroxyl groups excluding tert-OH is 4. The van der Waals surface area contributed by atoms with Crippen molar-refractivity contribution in [3.8, 4) is 0 Å². The van der Waals surface area contributed by atoms with Crippen LogP contribution in [0.15, 0.2) is 9.98 Å². The summed E-state index contributed by atoms with van der Waals surface area (Å²) in [6.45, 7) is 2.50. The predicted octanol–water partition coefficient (Wildman–Crippen LogP) is -1.89. The molecule has 2 saturated heterocycles. The highest BCUT2D eigenvalue weighted by atomic mass is 16.7. The molecule has 168 valence electrons. The largest absolute Gasteiger partial charge is 0.394 e. The maximum Gasteiger partial charge on any atom is 0.183 e. The van der Waals surface area contributed by atoms with Gasteiger partial charge in [-0.05, 0) is 26.3 Å². The molecule has 2 fully saturated rings. The van der Waals surface area contributed by atoms with Crippen LogP contribution in [0.3, 0.4) is 0 Å². The van der Waals surface area contributed by atoms with Crippen molar-refractivity contribution >= 4 is 12.4 Å². The van der Waals surface area contributed by atoms with Crippen LogP contribution in [-0.2, 0) is 23.7 Å². The van der Waals surface area contributed by atoms with E-state index in [4.69, 9.17) is 23.7 Å². The molecule has 11 nitrogen and oxygen atoms in total. The second-order valence-corrected chi connectivity index (χ2v) is 6.76. The van der Waals surface area contributed by atoms with E-state index in [1.807, 2.05) is 0 Å². The SMILES string of the molecule is CC=N[C@@H]1[C@H](O[C@@H]2C(CO)O[C@@H](OC)[C@@H](N=CC)[C@H]2O)OC(CO)[C@@H](OC)[C@@H]1O. The monoisotopic (exact) mass is 420 g/mol. The summed E-state index contributed by atoms with van der Waals surface area (Å²) in [7, 11) is 2.81. The van der Waals surface area contributed by atoms with Crippen molar-refractivity contribution in [3.63, 3.8) is 0 Å². The van der Waals surface area contributed by atoms with Crippen LogP contribution in [0.2, 0.25) is 0 Å². The number of rotatable bonds is 8. The average Bonchev–Trinajstić information content (AvgIpc) is 2.73. The molecule has 2 unspecified atom stereocenters. The minimum Gasteiger partial charge on any atom is -0.394 e. The third kappa shape index (κ3) is 5.19. The number of ether oxygens (including phenoxy) is 5. The van der Waals surface area contributed by atoms with Crippen LogP contribution in [-0.4, -0.2) is 122 Å². The molecule has 11 heteroatoms. The Balaban J connectivity index is 2.29. The van der Waals surface area contributed by atoms with Crippen molar-refractivity contribution in [2.75, 3.05) is 27.4 Å². The van der Waals surface area contributed by atoms with E-state index in [-0.39, 0.29) is 0 Å². The Morgan fingerprint density at radius 1 is 0.793 bits per heavy atom. The molecule has 0 aromatic carbocycles. The molecule has 10 atom stereocenters. The van der Waals surface area contributed by atoms with Gasteiger partial charge in [0.05, 0.1) is 13.2 Å². The maximum atomic E-state index is 10.9. The van der Waals surface area contributed by atoms with Gasteiger partial charge >= 0.3 is 0 Å². The minimum atomic E-state index is -1.19. The van der Waals surface area contributed by atoms with E-state index in [9.17, 15) is 20.4 Å². The van der Waals surface area contributed by atoms with E-state index < -0.39 is 74.5 Å². The lowest BCUT2D eigenvalue weighted by Gasteiger charge is -2.46. The fourth-order valence-electron chi connectivity index (χ4n) is 3.69. The first-order valence-corrected chi connectivity index (χ1v) is 9.52. The standard InChI is InChI=1S/C18H32N2O9/c1-5-19-11-14(24)16(10(8-22)27-17(11)26-4)29-18-12(20-6-2)13(23)15(25-3)9(7-21)28-18/h5-6,9-18,21-24H,7-8H2,1-4H3/t9?,10?,11-,12-,13+,14+,15+,16+,17+,18-/m0/s1. The molecule has 29 heavy (non-hydrogen) atoms. The highest BCUT2D eigenvalue weighted by molar-refractivity contribution is 5.54. The topological polar surface area (TPSA) is 152 Å². The van der Waals surface area contributed by atoms with Gasteiger partial charge < -0.3 is 44.1 Å². The smallest absolute Gasteiger partial charge is 0.183 e. The van der Waals surface area contributed by atoms with Crippen LogP contribution in [0.4, 0.5) is 0 Å². The summed E-state index contributed by atoms with van der Waals surface area (Å²) >= 11 is 0. The molecule has 0 radical (unpaired) electrons. The zero-order chi connectivity index (χ0) is 21.6. The van der Waals surface area contributed by atoms with Crippen molar-refractivity contribution in [1.82, 2.24) is 0 Å². The van der Waals surface area contributed by atoms with Crippen molar-refractivity contribution in [2.24, 2.45) is 9.98 Å². The Kier molecular flexibility index (Phi) is 9.53. The summed E-state index contributed by atoms with van der Waals surface area (Å²) in [4.78, 5) is 8.40. The lowest BCUT2D eigenvalue weighted by atomic mass is 9.95. The van der Waals surface area contributed by atoms with Crippen LogP contribution in [0.25, 0.3) is 0 Å². The van der Waals surface area contributed by atoms with E-state index >= 15 is 0 Å². The van der Waals surface area contributed by atoms with Crippen LogP contribution < -0.4 is 0 Å². The minimum absolute atomic E-state index is 0.417. The average molecular weight is 420 g/mol. The Labute approximate surface area is 169 Å². The molecule has 0 aromatic rings. The molecule has 2 rings (SSSR count). The van der Waals surface area contributed by atoms with E-state index in [2.05, 4.69) is 9.98 Å². The molecule has 0 aromatic heterocycles. The van der Waals surface area contributed by atoms with E-state index in [0.717, 1.165) is 0 Å². The fraction of sp³-hybridized carbons (Fsp3) is 0.889. The Morgan fingerprint density at radius 3 is 1.76 bits per heavy atom. The first-order valence-electron chi connectivity index (χ1n) is 9.52. The summed E-state index contributed by atoms with van der Waals surface area (Å²) < 4.78 is 27.9. The van der Waals surface area contributed by atoms with Gasteiger partial charge in [-0.2, -0.15) is 0 Å². The van der Waals surface area contributed by atoms with Crippen molar-refractivity contribution in [3.05, 3.63) is 0 Å². The molecular weight excluding hydrogens is 388 g/mol. The van der Waals surface area contributed by atoms with Crippen LogP contribution in [0.1, 0.15) is 13.8 Å². The molecule has 0 bridgehead atoms. The summed E-state index contributed by atoms with van der Waals surface area (Å²) in [6, 6.07) is -1.67. The van der Waals surface area contributed by atoms with E-state index in [0.29, 0.717) is 0 Å². The Hall–Kier alpha value is -1.02. The number of hydrogen-bond acceptors (Lipinski definition) is 11. The summed E-state index contributed by atoms with van der Waals surface area (Å²) in [5.41, 5.74) is 0. The van der Waals surface area contributed by atoms with Gasteiger partial charge in [0.15, 0.2) is 12.6 Å². The van der Waals surface area contributed by atoms with Crippen LogP contribution in [0.5, 0.6) is 0 Å². The fourth-order valence-corrected chi connectivity index (χ4v) is 3.69. The lowest BCUT2D eigenvalue weighted by Crippen LogP contribution is -2.64. The van der Waals surface area contributed by atoms with E-state index in [1.165, 1.54) is 26.6 Å². The van der Waals surface area contributed by atoms with Gasteiger partial charge in [-0.25, -0.2) is 0 Å². The van der Waals surface area contributed by atoms with Gasteiger partial charge in [0.25, 0.3) is 0 Å². The van der Waals surface area contributed by atoms with Gasteiger partial charge in [0, 0.05) is 14.2 Å². The van der Waals surface area contributed by atoms with Crippen molar-refractivity contribution in [1.29, 1.82) is 0 Å². The number of aliphatic hydroxyl groups is 4. The maximum absolute atomic E-state index is 10.9. The summed E-state index contributed by atoms with van der Waals surface area (Å²) in [5, 5.41) is 40.9. The Morgan fingerprint density at radius 2 is 1.28 bits per heavy atom. The summed E-state index contributed by atoms with van der Waals surface area (Å²) in [6.07, 6.45) is -4.99. The zero-order valence-electron chi connectivity index (χ0n) is 17.1. The van der Waals surface area contributed by atoms with Gasteiger partial charge in [0.1, 0.15) is 48.7 Å². The van der Waals surface area contributed by atoms with Crippen molar-refractivity contribution in [2.45, 2.75) is 75.1 Å². The molecule has 0 aliphatic carbocycles. The zero-order valence-corrected chi connectivity index (χ0v) is 17.1. The number of hydrogen-bond donors (Lipinski definition) is 4. The molecule has 0 spiro atoms. The second kappa shape index (κ2) is 11.4. The quantitative estimate of drug-likeness (QED) is 0.330. The number of methoxy groups -OCH3 is 2. The molecule has 4 N–H and O–H groups in total. The van der Waals surface area contributed by atoms with E-state index in [1.54, 1.807) is 13.8 Å². The highest BCUT2D eigenvalue weighted by Crippen LogP contribution is 2.32. The number of aliphatic imine (C=N–C) groups is 2. The predicted molar refractivity (Wildman–Crippen MR) is 102 cm³/mol. The van der Waals surface area contributed by atoms with Gasteiger partial charge in [0.2, 0.25) is 0 Å². The molecule has 0 saturated carbocycles. The van der Waals surface area contributed by atoms with Gasteiger partial charge in [-0.3, -0.25) is 9.98 Å². The van der Waals surface area contributed by atoms with Gasteiger partial charge in [-0.1, -0.05) is 0 Å². The molecule has 0 amide bonds. The van der Waals surface area contributed by atoms with Crippen molar-refractivity contribution < 1.29 is 44.1 Å². The number of nitrogens with zero attached hydrogens (tertiary/aromatic N) is 2. The van der Waals surface area contributed by atoms with Gasteiger partial charge in [-0.15, -0.1) is 0 Å². The lowest BCUT2D eigenvalue weighted by molar-refractivity contribution is -0.327. The molecular formula is C18H32N2O9. The summed E-state index contributed by atoms with van der Waals surface area (Å²) in [5.74, 6) is 0. The Bertz CT molecular complexity index is 549. The normalized spacial score (nSPS) is 44.0.